The Morgan fingerprint density at radius 3 is 2.45 bits per heavy atom. The third-order valence-electron chi connectivity index (χ3n) is 6.16. The number of nitriles is 1. The molecule has 3 amide bonds. The summed E-state index contributed by atoms with van der Waals surface area (Å²) in [5.74, 6) is -0.872. The van der Waals surface area contributed by atoms with Crippen LogP contribution in [0.4, 0.5) is 11.4 Å². The number of anilines is 2. The maximum atomic E-state index is 12.9. The van der Waals surface area contributed by atoms with Crippen LogP contribution in [0.15, 0.2) is 98.3 Å². The zero-order valence-corrected chi connectivity index (χ0v) is 22.5. The molecule has 0 aliphatic carbocycles. The summed E-state index contributed by atoms with van der Waals surface area (Å²) in [5, 5.41) is 12.7. The third-order valence-corrected chi connectivity index (χ3v) is 8.16. The molecule has 0 bridgehead atoms. The van der Waals surface area contributed by atoms with E-state index in [0.717, 1.165) is 15.8 Å². The molecule has 1 aliphatic heterocycles. The lowest BCUT2D eigenvalue weighted by molar-refractivity contribution is -0.112. The lowest BCUT2D eigenvalue weighted by Crippen LogP contribution is -2.29. The van der Waals surface area contributed by atoms with Gasteiger partial charge in [-0.05, 0) is 73.3 Å². The quantitative estimate of drug-likeness (QED) is 0.139. The summed E-state index contributed by atoms with van der Waals surface area (Å²) in [7, 11) is 0. The summed E-state index contributed by atoms with van der Waals surface area (Å²) < 4.78 is 7.33. The molecule has 1 N–H and O–H groups in total. The van der Waals surface area contributed by atoms with E-state index in [4.69, 9.17) is 4.42 Å². The van der Waals surface area contributed by atoms with Gasteiger partial charge in [-0.1, -0.05) is 29.8 Å². The van der Waals surface area contributed by atoms with Crippen molar-refractivity contribution in [1.82, 2.24) is 4.98 Å². The van der Waals surface area contributed by atoms with Crippen LogP contribution in [0, 0.1) is 18.3 Å². The van der Waals surface area contributed by atoms with E-state index in [2.05, 4.69) is 10.3 Å². The van der Waals surface area contributed by atoms with Gasteiger partial charge in [-0.3, -0.25) is 14.4 Å². The second-order valence-electron chi connectivity index (χ2n) is 8.87. The Kier molecular flexibility index (Phi) is 6.51. The van der Waals surface area contributed by atoms with Gasteiger partial charge in [0.2, 0.25) is 0 Å². The number of carbonyl (C=O) groups excluding carboxylic acids is 3. The van der Waals surface area contributed by atoms with Crippen molar-refractivity contribution in [2.75, 3.05) is 10.2 Å². The van der Waals surface area contributed by atoms with Crippen molar-refractivity contribution >= 4 is 68.5 Å². The number of hydrogen-bond acceptors (Lipinski definition) is 8. The Morgan fingerprint density at radius 2 is 1.75 bits per heavy atom. The second-order valence-corrected chi connectivity index (χ2v) is 11.2. The third kappa shape index (κ3) is 4.80. The minimum atomic E-state index is -0.531. The Labute approximate surface area is 236 Å². The lowest BCUT2D eigenvalue weighted by Gasteiger charge is -2.13. The van der Waals surface area contributed by atoms with Crippen molar-refractivity contribution < 1.29 is 18.8 Å². The molecule has 0 unspecified atom stereocenters. The maximum Gasteiger partial charge on any atom is 0.266 e. The fourth-order valence-corrected chi connectivity index (χ4v) is 6.18. The number of nitrogens with zero attached hydrogens (tertiary/aromatic N) is 3. The molecule has 0 saturated carbocycles. The number of amides is 3. The summed E-state index contributed by atoms with van der Waals surface area (Å²) in [5.41, 5.74) is 3.55. The molecule has 8 nitrogen and oxygen atoms in total. The smallest absolute Gasteiger partial charge is 0.266 e. The van der Waals surface area contributed by atoms with Crippen molar-refractivity contribution in [3.05, 3.63) is 107 Å². The van der Waals surface area contributed by atoms with Gasteiger partial charge in [-0.25, -0.2) is 9.88 Å². The Balaban J connectivity index is 1.18. The highest BCUT2D eigenvalue weighted by molar-refractivity contribution is 8.01. The number of hydrogen-bond donors (Lipinski definition) is 1. The molecule has 0 spiro atoms. The van der Waals surface area contributed by atoms with Gasteiger partial charge in [0.05, 0.1) is 27.0 Å². The lowest BCUT2D eigenvalue weighted by atomic mass is 10.1. The van der Waals surface area contributed by atoms with E-state index in [1.807, 2.05) is 25.1 Å². The van der Waals surface area contributed by atoms with Crippen molar-refractivity contribution in [2.24, 2.45) is 0 Å². The molecule has 194 valence electrons. The number of nitrogens with one attached hydrogen (secondary N) is 1. The van der Waals surface area contributed by atoms with Gasteiger partial charge in [0.15, 0.2) is 9.43 Å². The topological polar surface area (TPSA) is 116 Å². The molecule has 0 radical (unpaired) electrons. The highest BCUT2D eigenvalue weighted by Gasteiger charge is 2.36. The van der Waals surface area contributed by atoms with E-state index in [0.29, 0.717) is 37.7 Å². The highest BCUT2D eigenvalue weighted by Crippen LogP contribution is 2.38. The average molecular weight is 563 g/mol. The van der Waals surface area contributed by atoms with Crippen molar-refractivity contribution in [3.63, 3.8) is 0 Å². The summed E-state index contributed by atoms with van der Waals surface area (Å²) in [6.07, 6.45) is 1.39. The van der Waals surface area contributed by atoms with Crippen LogP contribution < -0.4 is 10.2 Å². The van der Waals surface area contributed by atoms with E-state index in [-0.39, 0.29) is 17.4 Å². The number of benzene rings is 3. The van der Waals surface area contributed by atoms with Gasteiger partial charge >= 0.3 is 0 Å². The SMILES string of the molecule is Cc1ccc(NC(=O)/C(C#N)=C/c2ccc(Sc3nc4ccc(N5C(=O)c6ccccc6C5=O)cc4s3)o2)cc1. The zero-order valence-electron chi connectivity index (χ0n) is 20.9. The predicted molar refractivity (Wildman–Crippen MR) is 153 cm³/mol. The highest BCUT2D eigenvalue weighted by atomic mass is 32.2. The number of thiazole rings is 1. The molecule has 10 heteroatoms. The Bertz CT molecular complexity index is 1860. The molecular weight excluding hydrogens is 544 g/mol. The zero-order chi connectivity index (χ0) is 27.8. The number of carbonyl (C=O) groups is 3. The van der Waals surface area contributed by atoms with Crippen molar-refractivity contribution in [1.29, 1.82) is 5.26 Å². The molecule has 40 heavy (non-hydrogen) atoms. The summed E-state index contributed by atoms with van der Waals surface area (Å²) in [4.78, 5) is 44.1. The fourth-order valence-electron chi connectivity index (χ4n) is 4.18. The molecule has 3 heterocycles. The number of imide groups is 1. The van der Waals surface area contributed by atoms with Gasteiger partial charge in [-0.15, -0.1) is 11.3 Å². The van der Waals surface area contributed by atoms with Crippen LogP contribution in [0.3, 0.4) is 0 Å². The molecule has 3 aromatic carbocycles. The number of rotatable bonds is 6. The van der Waals surface area contributed by atoms with Gasteiger partial charge < -0.3 is 9.73 Å². The van der Waals surface area contributed by atoms with Crippen LogP contribution in [0.5, 0.6) is 0 Å². The summed E-state index contributed by atoms with van der Waals surface area (Å²) in [6.45, 7) is 1.95. The monoisotopic (exact) mass is 562 g/mol. The normalized spacial score (nSPS) is 13.0. The molecule has 0 fully saturated rings. The van der Waals surface area contributed by atoms with Crippen LogP contribution in [0.2, 0.25) is 0 Å². The maximum absolute atomic E-state index is 12.9. The number of fused-ring (bicyclic) bond motifs is 2. The molecule has 2 aromatic heterocycles. The van der Waals surface area contributed by atoms with E-state index < -0.39 is 5.91 Å². The number of furan rings is 1. The van der Waals surface area contributed by atoms with E-state index in [9.17, 15) is 19.6 Å². The van der Waals surface area contributed by atoms with Crippen LogP contribution >= 0.6 is 23.1 Å². The molecule has 5 aromatic rings. The first-order valence-electron chi connectivity index (χ1n) is 12.1. The minimum Gasteiger partial charge on any atom is -0.450 e. The molecule has 0 saturated heterocycles. The molecule has 6 rings (SSSR count). The first-order valence-corrected chi connectivity index (χ1v) is 13.7. The van der Waals surface area contributed by atoms with Gasteiger partial charge in [-0.2, -0.15) is 5.26 Å². The predicted octanol–water partition coefficient (Wildman–Crippen LogP) is 6.70. The van der Waals surface area contributed by atoms with E-state index >= 15 is 0 Å². The second kappa shape index (κ2) is 10.3. The van der Waals surface area contributed by atoms with E-state index in [1.165, 1.54) is 34.1 Å². The van der Waals surface area contributed by atoms with Gasteiger partial charge in [0, 0.05) is 11.8 Å². The summed E-state index contributed by atoms with van der Waals surface area (Å²) >= 11 is 2.69. The van der Waals surface area contributed by atoms with Crippen LogP contribution in [0.1, 0.15) is 32.0 Å². The van der Waals surface area contributed by atoms with Crippen LogP contribution in [-0.2, 0) is 4.79 Å². The fraction of sp³-hybridized carbons (Fsp3) is 0.0333. The number of aromatic nitrogens is 1. The molecule has 0 atom stereocenters. The first kappa shape index (κ1) is 25.3. The summed E-state index contributed by atoms with van der Waals surface area (Å²) in [6, 6.07) is 24.6. The standard InChI is InChI=1S/C30H18N4O4S2/c1-17-6-8-19(9-7-17)32-27(35)18(16-31)14-21-11-13-26(38-21)40-30-33-24-12-10-20(15-25(24)39-30)34-28(36)22-4-2-3-5-23(22)29(34)37/h2-15H,1H3,(H,32,35)/b18-14+. The average Bonchev–Trinajstić information content (AvgIpc) is 3.64. The first-order chi connectivity index (χ1) is 19.4. The van der Waals surface area contributed by atoms with Crippen LogP contribution in [0.25, 0.3) is 16.3 Å². The Hall–Kier alpha value is -4.98. The Morgan fingerprint density at radius 1 is 1.02 bits per heavy atom. The van der Waals surface area contributed by atoms with Crippen molar-refractivity contribution in [2.45, 2.75) is 16.4 Å². The van der Waals surface area contributed by atoms with Crippen molar-refractivity contribution in [3.8, 4) is 6.07 Å². The van der Waals surface area contributed by atoms with Gasteiger partial charge in [0.1, 0.15) is 17.4 Å². The largest absolute Gasteiger partial charge is 0.450 e. The minimum absolute atomic E-state index is 0.0906. The molecular formula is C30H18N4O4S2. The molecule has 1 aliphatic rings. The van der Waals surface area contributed by atoms with Gasteiger partial charge in [0.25, 0.3) is 17.7 Å². The van der Waals surface area contributed by atoms with Crippen LogP contribution in [-0.4, -0.2) is 22.7 Å². The van der Waals surface area contributed by atoms with E-state index in [1.54, 1.807) is 66.7 Å². The number of aryl methyl sites for hydroxylation is 1.